The van der Waals surface area contributed by atoms with Crippen molar-refractivity contribution in [3.05, 3.63) is 36.3 Å². The van der Waals surface area contributed by atoms with Gasteiger partial charge in [-0.25, -0.2) is 0 Å². The van der Waals surface area contributed by atoms with Crippen LogP contribution in [0.3, 0.4) is 0 Å². The highest BCUT2D eigenvalue weighted by molar-refractivity contribution is 5.62. The summed E-state index contributed by atoms with van der Waals surface area (Å²) < 4.78 is 21.7. The zero-order chi connectivity index (χ0) is 12.4. The third-order valence-electron chi connectivity index (χ3n) is 2.62. The van der Waals surface area contributed by atoms with Gasteiger partial charge in [-0.2, -0.15) is 0 Å². The van der Waals surface area contributed by atoms with Gasteiger partial charge in [-0.3, -0.25) is 0 Å². The van der Waals surface area contributed by atoms with Crippen LogP contribution in [0.4, 0.5) is 5.69 Å². The Hall–Kier alpha value is -2.30. The first kappa shape index (κ1) is 10.8. The Morgan fingerprint density at radius 1 is 1.17 bits per heavy atom. The number of hydrogen-bond donors (Lipinski definition) is 1. The van der Waals surface area contributed by atoms with E-state index in [1.807, 2.05) is 12.1 Å². The van der Waals surface area contributed by atoms with E-state index in [9.17, 15) is 0 Å². The topological polar surface area (TPSA) is 66.9 Å². The summed E-state index contributed by atoms with van der Waals surface area (Å²) in [4.78, 5) is 0. The predicted molar refractivity (Wildman–Crippen MR) is 64.9 cm³/mol. The number of hydrogen-bond acceptors (Lipinski definition) is 5. The van der Waals surface area contributed by atoms with Gasteiger partial charge in [-0.05, 0) is 12.1 Å². The Morgan fingerprint density at radius 2 is 1.94 bits per heavy atom. The van der Waals surface area contributed by atoms with E-state index in [1.165, 1.54) is 0 Å². The molecular formula is C13H13NO4. The lowest BCUT2D eigenvalue weighted by Gasteiger charge is -2.20. The molecule has 0 atom stereocenters. The van der Waals surface area contributed by atoms with Crippen molar-refractivity contribution in [1.29, 1.82) is 0 Å². The minimum Gasteiger partial charge on any atom is -0.486 e. The highest BCUT2D eigenvalue weighted by atomic mass is 16.6. The molecule has 0 amide bonds. The number of nitrogen functional groups attached to an aromatic ring is 1. The van der Waals surface area contributed by atoms with Crippen LogP contribution in [0, 0.1) is 0 Å². The van der Waals surface area contributed by atoms with E-state index in [1.54, 1.807) is 18.4 Å². The zero-order valence-electron chi connectivity index (χ0n) is 9.72. The second kappa shape index (κ2) is 4.52. The highest BCUT2D eigenvalue weighted by Crippen LogP contribution is 2.38. The van der Waals surface area contributed by atoms with E-state index in [2.05, 4.69) is 0 Å². The number of fused-ring (bicyclic) bond motifs is 1. The largest absolute Gasteiger partial charge is 0.486 e. The monoisotopic (exact) mass is 247 g/mol. The van der Waals surface area contributed by atoms with Crippen LogP contribution >= 0.6 is 0 Å². The molecule has 1 aliphatic heterocycles. The van der Waals surface area contributed by atoms with Gasteiger partial charge in [0.1, 0.15) is 31.3 Å². The van der Waals surface area contributed by atoms with E-state index >= 15 is 0 Å². The Balaban J connectivity index is 1.79. The highest BCUT2D eigenvalue weighted by Gasteiger charge is 2.15. The molecule has 3 rings (SSSR count). The molecule has 0 saturated heterocycles. The first-order valence-electron chi connectivity index (χ1n) is 5.67. The molecule has 5 nitrogen and oxygen atoms in total. The fourth-order valence-electron chi connectivity index (χ4n) is 1.75. The van der Waals surface area contributed by atoms with E-state index in [0.29, 0.717) is 42.8 Å². The second-order valence-electron chi connectivity index (χ2n) is 3.90. The molecule has 0 saturated carbocycles. The molecule has 2 heterocycles. The van der Waals surface area contributed by atoms with Crippen LogP contribution in [-0.4, -0.2) is 13.2 Å². The van der Waals surface area contributed by atoms with Gasteiger partial charge in [0, 0.05) is 12.1 Å². The van der Waals surface area contributed by atoms with Crippen LogP contribution in [-0.2, 0) is 6.61 Å². The molecule has 0 unspecified atom stereocenters. The molecule has 2 N–H and O–H groups in total. The Morgan fingerprint density at radius 3 is 2.67 bits per heavy atom. The number of anilines is 1. The zero-order valence-corrected chi connectivity index (χ0v) is 9.72. The summed E-state index contributed by atoms with van der Waals surface area (Å²) in [6, 6.07) is 7.11. The van der Waals surface area contributed by atoms with E-state index in [0.717, 1.165) is 5.76 Å². The third kappa shape index (κ3) is 2.07. The molecule has 0 radical (unpaired) electrons. The minimum absolute atomic E-state index is 0.330. The van der Waals surface area contributed by atoms with Gasteiger partial charge in [0.15, 0.2) is 11.5 Å². The van der Waals surface area contributed by atoms with Gasteiger partial charge < -0.3 is 24.4 Å². The summed E-state index contributed by atoms with van der Waals surface area (Å²) in [5.41, 5.74) is 6.41. The van der Waals surface area contributed by atoms with E-state index in [-0.39, 0.29) is 0 Å². The van der Waals surface area contributed by atoms with E-state index < -0.39 is 0 Å². The third-order valence-corrected chi connectivity index (χ3v) is 2.62. The average Bonchev–Trinajstić information content (AvgIpc) is 2.89. The van der Waals surface area contributed by atoms with Crippen LogP contribution in [0.5, 0.6) is 17.2 Å². The molecule has 18 heavy (non-hydrogen) atoms. The fraction of sp³-hybridized carbons (Fsp3) is 0.231. The number of ether oxygens (including phenoxy) is 3. The molecule has 0 aliphatic carbocycles. The van der Waals surface area contributed by atoms with Crippen molar-refractivity contribution < 1.29 is 18.6 Å². The summed E-state index contributed by atoms with van der Waals surface area (Å²) in [6.45, 7) is 1.41. The molecule has 0 bridgehead atoms. The molecule has 1 aromatic carbocycles. The van der Waals surface area contributed by atoms with Crippen LogP contribution in [0.2, 0.25) is 0 Å². The summed E-state index contributed by atoms with van der Waals surface area (Å²) in [6.07, 6.45) is 1.60. The molecule has 94 valence electrons. The smallest absolute Gasteiger partial charge is 0.165 e. The summed E-state index contributed by atoms with van der Waals surface area (Å²) in [5.74, 6) is 2.62. The summed E-state index contributed by atoms with van der Waals surface area (Å²) >= 11 is 0. The van der Waals surface area contributed by atoms with Gasteiger partial charge >= 0.3 is 0 Å². The first-order valence-corrected chi connectivity index (χ1v) is 5.67. The molecule has 0 spiro atoms. The molecule has 1 aromatic heterocycles. The second-order valence-corrected chi connectivity index (χ2v) is 3.90. The van der Waals surface area contributed by atoms with Crippen molar-refractivity contribution in [2.24, 2.45) is 0 Å². The first-order chi connectivity index (χ1) is 8.83. The maximum atomic E-state index is 5.89. The number of furan rings is 1. The molecule has 0 fully saturated rings. The van der Waals surface area contributed by atoms with Crippen LogP contribution in [0.15, 0.2) is 34.9 Å². The van der Waals surface area contributed by atoms with Gasteiger partial charge in [0.05, 0.1) is 12.0 Å². The van der Waals surface area contributed by atoms with Crippen molar-refractivity contribution in [3.63, 3.8) is 0 Å². The number of rotatable bonds is 3. The maximum Gasteiger partial charge on any atom is 0.165 e. The van der Waals surface area contributed by atoms with Gasteiger partial charge in [-0.15, -0.1) is 0 Å². The number of benzene rings is 1. The normalized spacial score (nSPS) is 13.3. The van der Waals surface area contributed by atoms with Gasteiger partial charge in [0.25, 0.3) is 0 Å². The lowest BCUT2D eigenvalue weighted by molar-refractivity contribution is 0.170. The fourth-order valence-corrected chi connectivity index (χ4v) is 1.75. The van der Waals surface area contributed by atoms with Crippen LogP contribution < -0.4 is 19.9 Å². The van der Waals surface area contributed by atoms with Gasteiger partial charge in [0.2, 0.25) is 0 Å². The quantitative estimate of drug-likeness (QED) is 0.842. The molecule has 2 aromatic rings. The summed E-state index contributed by atoms with van der Waals surface area (Å²) in [5, 5.41) is 0. The average molecular weight is 247 g/mol. The minimum atomic E-state index is 0.330. The maximum absolute atomic E-state index is 5.89. The number of nitrogens with two attached hydrogens (primary N) is 1. The SMILES string of the molecule is Nc1cc2c(cc1OCc1ccco1)OCCO2. The molecular weight excluding hydrogens is 234 g/mol. The Kier molecular flexibility index (Phi) is 2.72. The lowest BCUT2D eigenvalue weighted by Crippen LogP contribution is -2.15. The van der Waals surface area contributed by atoms with Crippen molar-refractivity contribution >= 4 is 5.69 Å². The van der Waals surface area contributed by atoms with Crippen LogP contribution in [0.1, 0.15) is 5.76 Å². The van der Waals surface area contributed by atoms with Crippen LogP contribution in [0.25, 0.3) is 0 Å². The molecule has 5 heteroatoms. The summed E-state index contributed by atoms with van der Waals surface area (Å²) in [7, 11) is 0. The predicted octanol–water partition coefficient (Wildman–Crippen LogP) is 2.21. The van der Waals surface area contributed by atoms with Gasteiger partial charge in [-0.1, -0.05) is 0 Å². The van der Waals surface area contributed by atoms with Crippen molar-refractivity contribution in [2.45, 2.75) is 6.61 Å². The molecule has 1 aliphatic rings. The van der Waals surface area contributed by atoms with Crippen molar-refractivity contribution in [3.8, 4) is 17.2 Å². The van der Waals surface area contributed by atoms with Crippen molar-refractivity contribution in [2.75, 3.05) is 18.9 Å². The lowest BCUT2D eigenvalue weighted by atomic mass is 10.2. The van der Waals surface area contributed by atoms with E-state index in [4.69, 9.17) is 24.4 Å². The Labute approximate surface area is 104 Å². The Bertz CT molecular complexity index is 536. The standard InChI is InChI=1S/C13H13NO4/c14-10-6-12-13(17-5-4-16-12)7-11(10)18-8-9-2-1-3-15-9/h1-3,6-7H,4-5,8,14H2. The van der Waals surface area contributed by atoms with Crippen molar-refractivity contribution in [1.82, 2.24) is 0 Å².